The van der Waals surface area contributed by atoms with Crippen molar-refractivity contribution in [3.05, 3.63) is 43.2 Å². The average Bonchev–Trinajstić information content (AvgIpc) is 2.19. The molecule has 70 valence electrons. The Morgan fingerprint density at radius 2 is 2.08 bits per heavy atom. The van der Waals surface area contributed by atoms with Gasteiger partial charge in [-0.15, -0.1) is 11.8 Å². The standard InChI is InChI=1S/C11H14OS/c1-2-12-9-6-10-13-11-7-4-3-5-8-11/h2-5,7-8H,1,6,9-10H2. The van der Waals surface area contributed by atoms with E-state index in [0.29, 0.717) is 0 Å². The van der Waals surface area contributed by atoms with E-state index in [0.717, 1.165) is 18.8 Å². The third kappa shape index (κ3) is 4.63. The van der Waals surface area contributed by atoms with E-state index in [2.05, 4.69) is 30.8 Å². The highest BCUT2D eigenvalue weighted by atomic mass is 32.2. The topological polar surface area (TPSA) is 9.23 Å². The average molecular weight is 194 g/mol. The molecule has 1 aromatic carbocycles. The number of thioether (sulfide) groups is 1. The molecule has 0 atom stereocenters. The van der Waals surface area contributed by atoms with Crippen LogP contribution in [-0.4, -0.2) is 12.4 Å². The van der Waals surface area contributed by atoms with E-state index < -0.39 is 0 Å². The lowest BCUT2D eigenvalue weighted by molar-refractivity contribution is 0.252. The van der Waals surface area contributed by atoms with Crippen molar-refractivity contribution in [1.29, 1.82) is 0 Å². The van der Waals surface area contributed by atoms with Crippen molar-refractivity contribution in [2.24, 2.45) is 0 Å². The minimum atomic E-state index is 0.767. The highest BCUT2D eigenvalue weighted by Crippen LogP contribution is 2.17. The first-order chi connectivity index (χ1) is 6.43. The van der Waals surface area contributed by atoms with Gasteiger partial charge in [0.1, 0.15) is 0 Å². The van der Waals surface area contributed by atoms with Gasteiger partial charge in [0.15, 0.2) is 0 Å². The van der Waals surface area contributed by atoms with E-state index in [1.54, 1.807) is 0 Å². The molecule has 0 N–H and O–H groups in total. The molecule has 0 aliphatic heterocycles. The molecule has 0 aliphatic carbocycles. The van der Waals surface area contributed by atoms with Crippen molar-refractivity contribution >= 4 is 11.8 Å². The van der Waals surface area contributed by atoms with Crippen molar-refractivity contribution in [2.75, 3.05) is 12.4 Å². The summed E-state index contributed by atoms with van der Waals surface area (Å²) in [5.41, 5.74) is 0. The van der Waals surface area contributed by atoms with Crippen molar-refractivity contribution in [1.82, 2.24) is 0 Å². The quantitative estimate of drug-likeness (QED) is 0.390. The number of rotatable bonds is 6. The smallest absolute Gasteiger partial charge is 0.0881 e. The maximum atomic E-state index is 5.02. The molecule has 1 nitrogen and oxygen atoms in total. The Hall–Kier alpha value is -0.890. The first-order valence-electron chi connectivity index (χ1n) is 4.34. The molecular formula is C11H14OS. The molecular weight excluding hydrogens is 180 g/mol. The van der Waals surface area contributed by atoms with Crippen LogP contribution in [0.1, 0.15) is 6.42 Å². The summed E-state index contributed by atoms with van der Waals surface area (Å²) in [6.45, 7) is 4.25. The van der Waals surface area contributed by atoms with Crippen LogP contribution in [0.5, 0.6) is 0 Å². The number of benzene rings is 1. The van der Waals surface area contributed by atoms with Crippen molar-refractivity contribution in [3.63, 3.8) is 0 Å². The lowest BCUT2D eigenvalue weighted by Gasteiger charge is -2.01. The Morgan fingerprint density at radius 1 is 1.31 bits per heavy atom. The van der Waals surface area contributed by atoms with Gasteiger partial charge in [-0.1, -0.05) is 24.8 Å². The molecule has 0 saturated heterocycles. The molecule has 0 heterocycles. The first-order valence-corrected chi connectivity index (χ1v) is 5.32. The highest BCUT2D eigenvalue weighted by molar-refractivity contribution is 7.99. The molecule has 1 rings (SSSR count). The normalized spacial score (nSPS) is 9.54. The van der Waals surface area contributed by atoms with Gasteiger partial charge >= 0.3 is 0 Å². The Morgan fingerprint density at radius 3 is 2.77 bits per heavy atom. The zero-order chi connectivity index (χ0) is 9.36. The van der Waals surface area contributed by atoms with Crippen LogP contribution >= 0.6 is 11.8 Å². The number of hydrogen-bond acceptors (Lipinski definition) is 2. The fourth-order valence-electron chi connectivity index (χ4n) is 0.932. The Balaban J connectivity index is 2.10. The van der Waals surface area contributed by atoms with E-state index in [1.807, 2.05) is 17.8 Å². The lowest BCUT2D eigenvalue weighted by Crippen LogP contribution is -1.89. The van der Waals surface area contributed by atoms with Gasteiger partial charge in [0.2, 0.25) is 0 Å². The van der Waals surface area contributed by atoms with Gasteiger partial charge in [-0.2, -0.15) is 0 Å². The molecule has 0 aliphatic rings. The van der Waals surface area contributed by atoms with E-state index in [-0.39, 0.29) is 0 Å². The summed E-state index contributed by atoms with van der Waals surface area (Å²) in [5, 5.41) is 0. The monoisotopic (exact) mass is 194 g/mol. The van der Waals surface area contributed by atoms with Crippen LogP contribution in [0, 0.1) is 0 Å². The third-order valence-electron chi connectivity index (χ3n) is 1.54. The molecule has 0 aromatic heterocycles. The minimum absolute atomic E-state index is 0.767. The zero-order valence-corrected chi connectivity index (χ0v) is 8.43. The minimum Gasteiger partial charge on any atom is -0.502 e. The Bertz CT molecular complexity index is 233. The zero-order valence-electron chi connectivity index (χ0n) is 7.61. The molecule has 0 unspecified atom stereocenters. The second-order valence-corrected chi connectivity index (χ2v) is 3.72. The summed E-state index contributed by atoms with van der Waals surface area (Å²) in [5.74, 6) is 1.10. The maximum absolute atomic E-state index is 5.02. The molecule has 0 fully saturated rings. The largest absolute Gasteiger partial charge is 0.502 e. The van der Waals surface area contributed by atoms with Crippen molar-refractivity contribution < 1.29 is 4.74 Å². The summed E-state index contributed by atoms with van der Waals surface area (Å²) in [6.07, 6.45) is 2.55. The molecule has 1 aromatic rings. The predicted octanol–water partition coefficient (Wildman–Crippen LogP) is 3.33. The summed E-state index contributed by atoms with van der Waals surface area (Å²) >= 11 is 1.86. The Labute approximate surface area is 83.8 Å². The van der Waals surface area contributed by atoms with Gasteiger partial charge in [0, 0.05) is 10.6 Å². The number of hydrogen-bond donors (Lipinski definition) is 0. The van der Waals surface area contributed by atoms with Crippen molar-refractivity contribution in [2.45, 2.75) is 11.3 Å². The molecule has 0 radical (unpaired) electrons. The summed E-state index contributed by atoms with van der Waals surface area (Å²) < 4.78 is 5.02. The Kier molecular flexibility index (Phi) is 5.18. The van der Waals surface area contributed by atoms with Gasteiger partial charge in [-0.05, 0) is 18.6 Å². The van der Waals surface area contributed by atoms with E-state index in [9.17, 15) is 0 Å². The van der Waals surface area contributed by atoms with Gasteiger partial charge in [-0.25, -0.2) is 0 Å². The van der Waals surface area contributed by atoms with Gasteiger partial charge in [-0.3, -0.25) is 0 Å². The molecule has 2 heteroatoms. The third-order valence-corrected chi connectivity index (χ3v) is 2.63. The molecule has 0 spiro atoms. The van der Waals surface area contributed by atoms with Crippen LogP contribution < -0.4 is 0 Å². The summed E-state index contributed by atoms with van der Waals surface area (Å²) in [7, 11) is 0. The van der Waals surface area contributed by atoms with E-state index in [1.165, 1.54) is 11.2 Å². The van der Waals surface area contributed by atoms with Crippen LogP contribution in [0.15, 0.2) is 48.1 Å². The molecule has 0 saturated carbocycles. The first kappa shape index (κ1) is 10.2. The van der Waals surface area contributed by atoms with Gasteiger partial charge in [0.25, 0.3) is 0 Å². The van der Waals surface area contributed by atoms with E-state index in [4.69, 9.17) is 4.74 Å². The lowest BCUT2D eigenvalue weighted by atomic mass is 10.4. The van der Waals surface area contributed by atoms with E-state index >= 15 is 0 Å². The summed E-state index contributed by atoms with van der Waals surface area (Å²) in [4.78, 5) is 1.32. The van der Waals surface area contributed by atoms with Crippen LogP contribution in [0.25, 0.3) is 0 Å². The van der Waals surface area contributed by atoms with Crippen LogP contribution in [0.3, 0.4) is 0 Å². The predicted molar refractivity (Wildman–Crippen MR) is 57.9 cm³/mol. The highest BCUT2D eigenvalue weighted by Gasteiger charge is 1.91. The molecule has 0 amide bonds. The fraction of sp³-hybridized carbons (Fsp3) is 0.273. The van der Waals surface area contributed by atoms with Crippen LogP contribution in [-0.2, 0) is 4.74 Å². The van der Waals surface area contributed by atoms with Crippen molar-refractivity contribution in [3.8, 4) is 0 Å². The second kappa shape index (κ2) is 6.61. The summed E-state index contributed by atoms with van der Waals surface area (Å²) in [6, 6.07) is 10.4. The van der Waals surface area contributed by atoms with Gasteiger partial charge in [0.05, 0.1) is 12.9 Å². The SMILES string of the molecule is C=COCCCSc1ccccc1. The van der Waals surface area contributed by atoms with Gasteiger partial charge < -0.3 is 4.74 Å². The number of ether oxygens (including phenoxy) is 1. The maximum Gasteiger partial charge on any atom is 0.0881 e. The molecule has 0 bridgehead atoms. The van der Waals surface area contributed by atoms with Crippen LogP contribution in [0.4, 0.5) is 0 Å². The molecule has 13 heavy (non-hydrogen) atoms. The van der Waals surface area contributed by atoms with Crippen LogP contribution in [0.2, 0.25) is 0 Å². The fourth-order valence-corrected chi connectivity index (χ4v) is 1.78. The second-order valence-electron chi connectivity index (χ2n) is 2.55.